The molecule has 0 saturated carbocycles. The summed E-state index contributed by atoms with van der Waals surface area (Å²) in [7, 11) is 0. The number of hydrogen-bond donors (Lipinski definition) is 1. The van der Waals surface area contributed by atoms with Gasteiger partial charge in [-0.1, -0.05) is 0 Å². The molecule has 2 aromatic heterocycles. The fourth-order valence-electron chi connectivity index (χ4n) is 1.38. The van der Waals surface area contributed by atoms with Gasteiger partial charge in [-0.15, -0.1) is 0 Å². The van der Waals surface area contributed by atoms with Crippen molar-refractivity contribution in [2.75, 3.05) is 0 Å². The molecule has 0 radical (unpaired) electrons. The molecule has 70 valence electrons. The van der Waals surface area contributed by atoms with Crippen LogP contribution in [0.5, 0.6) is 0 Å². The molecule has 4 heteroatoms. The van der Waals surface area contributed by atoms with E-state index in [1.165, 1.54) is 6.20 Å². The number of hydrogen-bond acceptors (Lipinski definition) is 3. The summed E-state index contributed by atoms with van der Waals surface area (Å²) in [6.45, 7) is 1.76. The second kappa shape index (κ2) is 3.06. The first-order chi connectivity index (χ1) is 6.70. The van der Waals surface area contributed by atoms with Crippen molar-refractivity contribution in [3.8, 4) is 0 Å². The van der Waals surface area contributed by atoms with Crippen LogP contribution in [0, 0.1) is 6.92 Å². The number of aromatic carboxylic acids is 1. The number of carboxylic acid groups (broad SMARTS) is 1. The van der Waals surface area contributed by atoms with Crippen molar-refractivity contribution in [2.24, 2.45) is 0 Å². The van der Waals surface area contributed by atoms with E-state index in [4.69, 9.17) is 5.11 Å². The van der Waals surface area contributed by atoms with E-state index < -0.39 is 5.97 Å². The van der Waals surface area contributed by atoms with Gasteiger partial charge in [0.25, 0.3) is 0 Å². The number of aryl methyl sites for hydroxylation is 1. The van der Waals surface area contributed by atoms with Crippen molar-refractivity contribution in [1.29, 1.82) is 0 Å². The first-order valence-corrected chi connectivity index (χ1v) is 4.14. The average Bonchev–Trinajstić information content (AvgIpc) is 2.18. The fourth-order valence-corrected chi connectivity index (χ4v) is 1.38. The Morgan fingerprint density at radius 2 is 2.21 bits per heavy atom. The Bertz CT molecular complexity index is 508. The van der Waals surface area contributed by atoms with Crippen LogP contribution in [0.2, 0.25) is 0 Å². The third-order valence-electron chi connectivity index (χ3n) is 2.14. The molecule has 0 aliphatic rings. The van der Waals surface area contributed by atoms with Crippen LogP contribution in [0.25, 0.3) is 11.0 Å². The van der Waals surface area contributed by atoms with Crippen LogP contribution in [-0.4, -0.2) is 21.0 Å². The van der Waals surface area contributed by atoms with Crippen molar-refractivity contribution in [3.05, 3.63) is 35.7 Å². The minimum Gasteiger partial charge on any atom is -0.478 e. The van der Waals surface area contributed by atoms with Crippen molar-refractivity contribution in [3.63, 3.8) is 0 Å². The van der Waals surface area contributed by atoms with Crippen LogP contribution in [0.15, 0.2) is 24.5 Å². The number of pyridine rings is 2. The van der Waals surface area contributed by atoms with Gasteiger partial charge in [0.1, 0.15) is 0 Å². The molecule has 0 aliphatic carbocycles. The van der Waals surface area contributed by atoms with Crippen LogP contribution in [0.1, 0.15) is 15.9 Å². The van der Waals surface area contributed by atoms with Gasteiger partial charge in [-0.2, -0.15) is 0 Å². The highest BCUT2D eigenvalue weighted by Gasteiger charge is 2.10. The highest BCUT2D eigenvalue weighted by atomic mass is 16.4. The van der Waals surface area contributed by atoms with Gasteiger partial charge in [0.05, 0.1) is 5.56 Å². The lowest BCUT2D eigenvalue weighted by Crippen LogP contribution is -2.01. The molecule has 14 heavy (non-hydrogen) atoms. The SMILES string of the molecule is Cc1c(C(=O)O)cnc2ncccc12. The Balaban J connectivity index is 2.81. The molecule has 2 rings (SSSR count). The van der Waals surface area contributed by atoms with Crippen molar-refractivity contribution < 1.29 is 9.90 Å². The quantitative estimate of drug-likeness (QED) is 0.738. The lowest BCUT2D eigenvalue weighted by molar-refractivity contribution is 0.0696. The Morgan fingerprint density at radius 3 is 2.93 bits per heavy atom. The Labute approximate surface area is 80.2 Å². The highest BCUT2D eigenvalue weighted by Crippen LogP contribution is 2.17. The van der Waals surface area contributed by atoms with Gasteiger partial charge >= 0.3 is 5.97 Å². The minimum absolute atomic E-state index is 0.227. The predicted octanol–water partition coefficient (Wildman–Crippen LogP) is 1.64. The molecule has 0 saturated heterocycles. The van der Waals surface area contributed by atoms with E-state index in [0.717, 1.165) is 5.39 Å². The van der Waals surface area contributed by atoms with Gasteiger partial charge in [-0.3, -0.25) is 0 Å². The molecule has 0 aromatic carbocycles. The van der Waals surface area contributed by atoms with Crippen molar-refractivity contribution in [1.82, 2.24) is 9.97 Å². The van der Waals surface area contributed by atoms with Crippen molar-refractivity contribution >= 4 is 17.0 Å². The Kier molecular flexibility index (Phi) is 1.89. The maximum Gasteiger partial charge on any atom is 0.337 e. The molecule has 2 heterocycles. The van der Waals surface area contributed by atoms with Gasteiger partial charge < -0.3 is 5.11 Å². The van der Waals surface area contributed by atoms with Gasteiger partial charge in [0.2, 0.25) is 0 Å². The normalized spacial score (nSPS) is 10.4. The molecule has 0 bridgehead atoms. The maximum atomic E-state index is 10.8. The monoisotopic (exact) mass is 188 g/mol. The van der Waals surface area contributed by atoms with Crippen LogP contribution >= 0.6 is 0 Å². The minimum atomic E-state index is -0.958. The third-order valence-corrected chi connectivity index (χ3v) is 2.14. The second-order valence-corrected chi connectivity index (χ2v) is 2.98. The molecule has 0 spiro atoms. The summed E-state index contributed by atoms with van der Waals surface area (Å²) in [6, 6.07) is 3.58. The number of rotatable bonds is 1. The molecule has 0 unspecified atom stereocenters. The standard InChI is InChI=1S/C10H8N2O2/c1-6-7-3-2-4-11-9(7)12-5-8(6)10(13)14/h2-5H,1H3,(H,13,14). The number of carboxylic acids is 1. The average molecular weight is 188 g/mol. The van der Waals surface area contributed by atoms with E-state index in [9.17, 15) is 4.79 Å². The van der Waals surface area contributed by atoms with E-state index in [1.807, 2.05) is 6.07 Å². The summed E-state index contributed by atoms with van der Waals surface area (Å²) in [5.41, 5.74) is 1.51. The topological polar surface area (TPSA) is 63.1 Å². The molecule has 4 nitrogen and oxygen atoms in total. The van der Waals surface area contributed by atoms with Crippen molar-refractivity contribution in [2.45, 2.75) is 6.92 Å². The molecule has 0 aliphatic heterocycles. The second-order valence-electron chi connectivity index (χ2n) is 2.98. The molecular weight excluding hydrogens is 180 g/mol. The number of nitrogens with zero attached hydrogens (tertiary/aromatic N) is 2. The third kappa shape index (κ3) is 1.21. The predicted molar refractivity (Wildman–Crippen MR) is 51.2 cm³/mol. The number of aromatic nitrogens is 2. The maximum absolute atomic E-state index is 10.8. The zero-order chi connectivity index (χ0) is 10.1. The highest BCUT2D eigenvalue weighted by molar-refractivity contribution is 5.94. The van der Waals surface area contributed by atoms with Crippen LogP contribution in [0.4, 0.5) is 0 Å². The summed E-state index contributed by atoms with van der Waals surface area (Å²) in [5.74, 6) is -0.958. The molecule has 0 fully saturated rings. The Hall–Kier alpha value is -1.97. The zero-order valence-corrected chi connectivity index (χ0v) is 7.56. The largest absolute Gasteiger partial charge is 0.478 e. The fraction of sp³-hybridized carbons (Fsp3) is 0.100. The summed E-state index contributed by atoms with van der Waals surface area (Å²) in [6.07, 6.45) is 2.97. The van der Waals surface area contributed by atoms with E-state index in [-0.39, 0.29) is 5.56 Å². The lowest BCUT2D eigenvalue weighted by atomic mass is 10.1. The smallest absolute Gasteiger partial charge is 0.337 e. The van der Waals surface area contributed by atoms with E-state index in [1.54, 1.807) is 19.2 Å². The van der Waals surface area contributed by atoms with Crippen LogP contribution in [0.3, 0.4) is 0 Å². The molecule has 0 amide bonds. The first-order valence-electron chi connectivity index (χ1n) is 4.14. The van der Waals surface area contributed by atoms with E-state index in [0.29, 0.717) is 11.2 Å². The molecule has 2 aromatic rings. The molecule has 0 atom stereocenters. The summed E-state index contributed by atoms with van der Waals surface area (Å²) in [4.78, 5) is 18.8. The van der Waals surface area contributed by atoms with Crippen LogP contribution < -0.4 is 0 Å². The summed E-state index contributed by atoms with van der Waals surface area (Å²) < 4.78 is 0. The van der Waals surface area contributed by atoms with Crippen LogP contribution in [-0.2, 0) is 0 Å². The molecular formula is C10H8N2O2. The van der Waals surface area contributed by atoms with Gasteiger partial charge in [-0.25, -0.2) is 14.8 Å². The van der Waals surface area contributed by atoms with Gasteiger partial charge in [-0.05, 0) is 24.6 Å². The Morgan fingerprint density at radius 1 is 1.43 bits per heavy atom. The summed E-state index contributed by atoms with van der Waals surface area (Å²) in [5, 5.41) is 9.65. The lowest BCUT2D eigenvalue weighted by Gasteiger charge is -2.03. The van der Waals surface area contributed by atoms with Gasteiger partial charge in [0, 0.05) is 17.8 Å². The molecule has 1 N–H and O–H groups in total. The number of fused-ring (bicyclic) bond motifs is 1. The zero-order valence-electron chi connectivity index (χ0n) is 7.56. The van der Waals surface area contributed by atoms with E-state index in [2.05, 4.69) is 9.97 Å². The number of carbonyl (C=O) groups is 1. The van der Waals surface area contributed by atoms with Gasteiger partial charge in [0.15, 0.2) is 5.65 Å². The summed E-state index contributed by atoms with van der Waals surface area (Å²) >= 11 is 0. The first kappa shape index (κ1) is 8.62. The van der Waals surface area contributed by atoms with E-state index >= 15 is 0 Å².